The van der Waals surface area contributed by atoms with E-state index in [9.17, 15) is 0 Å². The van der Waals surface area contributed by atoms with Crippen LogP contribution in [0.4, 0.5) is 0 Å². The number of fused-ring (bicyclic) bond motifs is 4. The minimum Gasteiger partial charge on any atom is -0.477 e. The number of ether oxygens (including phenoxy) is 1. The summed E-state index contributed by atoms with van der Waals surface area (Å²) in [6.07, 6.45) is 2.45. The van der Waals surface area contributed by atoms with Crippen LogP contribution in [0.1, 0.15) is 6.42 Å². The van der Waals surface area contributed by atoms with Gasteiger partial charge in [-0.2, -0.15) is 0 Å². The van der Waals surface area contributed by atoms with Gasteiger partial charge in [-0.25, -0.2) is 9.97 Å². The van der Waals surface area contributed by atoms with Crippen molar-refractivity contribution in [2.24, 2.45) is 0 Å². The highest BCUT2D eigenvalue weighted by Gasteiger charge is 2.10. The molecule has 3 aromatic carbocycles. The normalized spacial score (nSPS) is 11.5. The Hall–Kier alpha value is -2.92. The third-order valence-electron chi connectivity index (χ3n) is 5.01. The number of rotatable bonds is 5. The summed E-state index contributed by atoms with van der Waals surface area (Å²) in [4.78, 5) is 8.59. The molecule has 0 fully saturated rings. The van der Waals surface area contributed by atoms with Crippen molar-refractivity contribution in [1.29, 1.82) is 0 Å². The molecule has 0 aliphatic carbocycles. The van der Waals surface area contributed by atoms with Crippen molar-refractivity contribution in [3.63, 3.8) is 0 Å². The molecular formula is C23H18BrN3O. The minimum atomic E-state index is 0.603. The lowest BCUT2D eigenvalue weighted by Gasteiger charge is -2.10. The molecule has 5 heteroatoms. The van der Waals surface area contributed by atoms with Gasteiger partial charge in [0.25, 0.3) is 0 Å². The summed E-state index contributed by atoms with van der Waals surface area (Å²) >= 11 is 3.60. The molecule has 0 unspecified atom stereocenters. The number of aromatic nitrogens is 3. The van der Waals surface area contributed by atoms with E-state index in [0.29, 0.717) is 12.5 Å². The first-order chi connectivity index (χ1) is 13.8. The Morgan fingerprint density at radius 3 is 2.54 bits per heavy atom. The fourth-order valence-electron chi connectivity index (χ4n) is 3.75. The molecule has 2 aromatic heterocycles. The lowest BCUT2D eigenvalue weighted by Crippen LogP contribution is -2.05. The smallest absolute Gasteiger partial charge is 0.224 e. The standard InChI is InChI=1S/C23H18BrN3O/c24-16-10-11-22-19(14-16)17-6-2-4-9-21(17)27(22)12-5-13-28-23-18-7-1-3-8-20(18)25-15-26-23/h1-4,6-11,14-15H,5,12-13H2. The lowest BCUT2D eigenvalue weighted by atomic mass is 10.2. The molecule has 0 amide bonds. The number of halogens is 1. The third-order valence-corrected chi connectivity index (χ3v) is 5.50. The number of hydrogen-bond donors (Lipinski definition) is 0. The van der Waals surface area contributed by atoms with Crippen molar-refractivity contribution in [2.45, 2.75) is 13.0 Å². The van der Waals surface area contributed by atoms with Crippen molar-refractivity contribution in [3.8, 4) is 5.88 Å². The highest BCUT2D eigenvalue weighted by Crippen LogP contribution is 2.31. The zero-order valence-corrected chi connectivity index (χ0v) is 16.8. The first-order valence-electron chi connectivity index (χ1n) is 9.30. The van der Waals surface area contributed by atoms with Crippen molar-refractivity contribution in [1.82, 2.24) is 14.5 Å². The van der Waals surface area contributed by atoms with Crippen LogP contribution in [-0.2, 0) is 6.54 Å². The second-order valence-corrected chi connectivity index (χ2v) is 7.64. The van der Waals surface area contributed by atoms with E-state index in [4.69, 9.17) is 4.74 Å². The Kier molecular flexibility index (Phi) is 4.45. The van der Waals surface area contributed by atoms with Gasteiger partial charge in [0.2, 0.25) is 5.88 Å². The number of nitrogens with zero attached hydrogens (tertiary/aromatic N) is 3. The Bertz CT molecular complexity index is 1290. The summed E-state index contributed by atoms with van der Waals surface area (Å²) in [7, 11) is 0. The first-order valence-corrected chi connectivity index (χ1v) is 10.1. The zero-order chi connectivity index (χ0) is 18.9. The van der Waals surface area contributed by atoms with Gasteiger partial charge in [0, 0.05) is 32.8 Å². The maximum absolute atomic E-state index is 5.99. The molecule has 0 radical (unpaired) electrons. The predicted molar refractivity (Wildman–Crippen MR) is 117 cm³/mol. The summed E-state index contributed by atoms with van der Waals surface area (Å²) in [5.74, 6) is 0.650. The van der Waals surface area contributed by atoms with Gasteiger partial charge in [0.15, 0.2) is 0 Å². The molecule has 0 spiro atoms. The number of benzene rings is 3. The fourth-order valence-corrected chi connectivity index (χ4v) is 4.11. The van der Waals surface area contributed by atoms with Crippen LogP contribution in [0.5, 0.6) is 5.88 Å². The van der Waals surface area contributed by atoms with E-state index in [1.807, 2.05) is 24.3 Å². The van der Waals surface area contributed by atoms with E-state index in [0.717, 1.165) is 28.3 Å². The van der Waals surface area contributed by atoms with Crippen LogP contribution < -0.4 is 4.74 Å². The number of hydrogen-bond acceptors (Lipinski definition) is 3. The maximum Gasteiger partial charge on any atom is 0.224 e. The maximum atomic E-state index is 5.99. The van der Waals surface area contributed by atoms with Gasteiger partial charge in [0.05, 0.1) is 17.5 Å². The van der Waals surface area contributed by atoms with Crippen LogP contribution in [-0.4, -0.2) is 21.1 Å². The third kappa shape index (κ3) is 3.02. The quantitative estimate of drug-likeness (QED) is 0.321. The van der Waals surface area contributed by atoms with E-state index in [1.54, 1.807) is 6.33 Å². The Morgan fingerprint density at radius 1 is 0.821 bits per heavy atom. The average Bonchev–Trinajstić information content (AvgIpc) is 3.04. The highest BCUT2D eigenvalue weighted by molar-refractivity contribution is 9.10. The van der Waals surface area contributed by atoms with Gasteiger partial charge in [-0.1, -0.05) is 46.3 Å². The Morgan fingerprint density at radius 2 is 1.61 bits per heavy atom. The molecule has 0 N–H and O–H groups in total. The summed E-state index contributed by atoms with van der Waals surface area (Å²) in [6.45, 7) is 1.49. The summed E-state index contributed by atoms with van der Waals surface area (Å²) in [5.41, 5.74) is 3.40. The fraction of sp³-hybridized carbons (Fsp3) is 0.130. The largest absolute Gasteiger partial charge is 0.477 e. The van der Waals surface area contributed by atoms with Crippen molar-refractivity contribution < 1.29 is 4.74 Å². The van der Waals surface area contributed by atoms with Gasteiger partial charge in [0.1, 0.15) is 6.33 Å². The molecule has 0 atom stereocenters. The molecule has 0 aliphatic heterocycles. The van der Waals surface area contributed by atoms with Crippen molar-refractivity contribution >= 4 is 48.6 Å². The second-order valence-electron chi connectivity index (χ2n) is 6.73. The van der Waals surface area contributed by atoms with E-state index < -0.39 is 0 Å². The molecule has 4 nitrogen and oxygen atoms in total. The highest BCUT2D eigenvalue weighted by atomic mass is 79.9. The van der Waals surface area contributed by atoms with Crippen LogP contribution in [0.3, 0.4) is 0 Å². The van der Waals surface area contributed by atoms with Gasteiger partial charge < -0.3 is 9.30 Å². The molecule has 0 saturated heterocycles. The van der Waals surface area contributed by atoms with Gasteiger partial charge in [-0.3, -0.25) is 0 Å². The molecular weight excluding hydrogens is 414 g/mol. The molecule has 5 aromatic rings. The molecule has 0 saturated carbocycles. The summed E-state index contributed by atoms with van der Waals surface area (Å²) in [5, 5.41) is 3.50. The molecule has 2 heterocycles. The van der Waals surface area contributed by atoms with E-state index in [1.165, 1.54) is 21.8 Å². The summed E-state index contributed by atoms with van der Waals surface area (Å²) in [6, 6.07) is 22.9. The van der Waals surface area contributed by atoms with Crippen molar-refractivity contribution in [2.75, 3.05) is 6.61 Å². The van der Waals surface area contributed by atoms with Crippen LogP contribution in [0.25, 0.3) is 32.7 Å². The van der Waals surface area contributed by atoms with E-state index in [-0.39, 0.29) is 0 Å². The topological polar surface area (TPSA) is 39.9 Å². The molecule has 0 bridgehead atoms. The van der Waals surface area contributed by atoms with Crippen LogP contribution in [0.15, 0.2) is 77.5 Å². The monoisotopic (exact) mass is 431 g/mol. The zero-order valence-electron chi connectivity index (χ0n) is 15.2. The first kappa shape index (κ1) is 17.2. The predicted octanol–water partition coefficient (Wildman–Crippen LogP) is 5.97. The van der Waals surface area contributed by atoms with Crippen LogP contribution in [0, 0.1) is 0 Å². The van der Waals surface area contributed by atoms with Crippen LogP contribution >= 0.6 is 15.9 Å². The second kappa shape index (κ2) is 7.24. The molecule has 28 heavy (non-hydrogen) atoms. The van der Waals surface area contributed by atoms with Gasteiger partial charge >= 0.3 is 0 Å². The Balaban J connectivity index is 1.39. The van der Waals surface area contributed by atoms with Gasteiger partial charge in [-0.05, 0) is 42.8 Å². The van der Waals surface area contributed by atoms with E-state index >= 15 is 0 Å². The Labute approximate surface area is 170 Å². The SMILES string of the molecule is Brc1ccc2c(c1)c1ccccc1n2CCCOc1ncnc2ccccc12. The summed E-state index contributed by atoms with van der Waals surface area (Å²) < 4.78 is 9.46. The number of aryl methyl sites for hydroxylation is 1. The van der Waals surface area contributed by atoms with Crippen molar-refractivity contribution in [3.05, 3.63) is 77.5 Å². The van der Waals surface area contributed by atoms with E-state index in [2.05, 4.69) is 72.9 Å². The minimum absolute atomic E-state index is 0.603. The average molecular weight is 432 g/mol. The molecule has 0 aliphatic rings. The lowest BCUT2D eigenvalue weighted by molar-refractivity contribution is 0.295. The van der Waals surface area contributed by atoms with Gasteiger partial charge in [-0.15, -0.1) is 0 Å². The van der Waals surface area contributed by atoms with Crippen LogP contribution in [0.2, 0.25) is 0 Å². The molecule has 5 rings (SSSR count). The molecule has 138 valence electrons. The number of para-hydroxylation sites is 2.